The lowest BCUT2D eigenvalue weighted by Crippen LogP contribution is -2.27. The van der Waals surface area contributed by atoms with Gasteiger partial charge in [-0.3, -0.25) is 9.69 Å². The van der Waals surface area contributed by atoms with Crippen LogP contribution in [-0.2, 0) is 4.79 Å². The molecule has 1 fully saturated rings. The van der Waals surface area contributed by atoms with E-state index < -0.39 is 0 Å². The van der Waals surface area contributed by atoms with Crippen LogP contribution in [0.1, 0.15) is 19.4 Å². The number of rotatable bonds is 6. The van der Waals surface area contributed by atoms with E-state index in [0.717, 1.165) is 35.8 Å². The van der Waals surface area contributed by atoms with Crippen LogP contribution in [0, 0.1) is 0 Å². The summed E-state index contributed by atoms with van der Waals surface area (Å²) in [6.45, 7) is 6.14. The Morgan fingerprint density at radius 3 is 2.41 bits per heavy atom. The zero-order valence-electron chi connectivity index (χ0n) is 15.6. The molecule has 4 nitrogen and oxygen atoms in total. The molecule has 6 heteroatoms. The van der Waals surface area contributed by atoms with Crippen LogP contribution in [0.5, 0.6) is 5.75 Å². The molecule has 2 aromatic rings. The van der Waals surface area contributed by atoms with E-state index in [-0.39, 0.29) is 5.91 Å². The molecule has 140 valence electrons. The summed E-state index contributed by atoms with van der Waals surface area (Å²) in [5.41, 5.74) is 2.79. The Morgan fingerprint density at radius 1 is 1.11 bits per heavy atom. The van der Waals surface area contributed by atoms with Gasteiger partial charge in [-0.25, -0.2) is 0 Å². The third kappa shape index (κ3) is 4.01. The summed E-state index contributed by atoms with van der Waals surface area (Å²) in [7, 11) is 1.62. The molecule has 1 aliphatic heterocycles. The van der Waals surface area contributed by atoms with Crippen molar-refractivity contribution in [1.82, 2.24) is 0 Å². The number of methoxy groups -OCH3 is 1. The molecule has 1 saturated heterocycles. The normalized spacial score (nSPS) is 15.5. The summed E-state index contributed by atoms with van der Waals surface area (Å²) in [6, 6.07) is 15.6. The van der Waals surface area contributed by atoms with Crippen LogP contribution < -0.4 is 14.5 Å². The molecule has 2 aromatic carbocycles. The maximum atomic E-state index is 12.9. The molecule has 1 amide bonds. The van der Waals surface area contributed by atoms with E-state index in [0.29, 0.717) is 9.23 Å². The third-order valence-electron chi connectivity index (χ3n) is 4.46. The molecule has 0 bridgehead atoms. The molecule has 0 N–H and O–H groups in total. The lowest BCUT2D eigenvalue weighted by Gasteiger charge is -2.22. The smallest absolute Gasteiger partial charge is 0.270 e. The average Bonchev–Trinajstić information content (AvgIpc) is 2.97. The summed E-state index contributed by atoms with van der Waals surface area (Å²) in [6.07, 6.45) is 1.84. The minimum atomic E-state index is -0.105. The van der Waals surface area contributed by atoms with Gasteiger partial charge in [0.1, 0.15) is 5.75 Å². The van der Waals surface area contributed by atoms with Crippen molar-refractivity contribution < 1.29 is 9.53 Å². The first-order valence-electron chi connectivity index (χ1n) is 8.85. The van der Waals surface area contributed by atoms with Crippen LogP contribution >= 0.6 is 24.0 Å². The van der Waals surface area contributed by atoms with Crippen LogP contribution in [0.3, 0.4) is 0 Å². The molecule has 0 atom stereocenters. The van der Waals surface area contributed by atoms with Gasteiger partial charge in [0, 0.05) is 24.3 Å². The number of amides is 1. The standard InChI is InChI=1S/C21H22N2O2S2/c1-4-22(5-2)16-10-12-17(13-11-16)23-20(24)19(27-21(23)26)14-15-8-6-7-9-18(15)25-3/h6-14H,4-5H2,1-3H3/b19-14-. The van der Waals surface area contributed by atoms with Gasteiger partial charge in [-0.2, -0.15) is 0 Å². The zero-order valence-corrected chi connectivity index (χ0v) is 17.3. The van der Waals surface area contributed by atoms with Crippen LogP contribution in [-0.4, -0.2) is 30.4 Å². The van der Waals surface area contributed by atoms with Crippen molar-refractivity contribution in [1.29, 1.82) is 0 Å². The van der Waals surface area contributed by atoms with Crippen molar-refractivity contribution in [2.45, 2.75) is 13.8 Å². The SMILES string of the molecule is CCN(CC)c1ccc(N2C(=O)/C(=C/c3ccccc3OC)SC2=S)cc1. The number of hydrogen-bond acceptors (Lipinski definition) is 5. The van der Waals surface area contributed by atoms with Gasteiger partial charge >= 0.3 is 0 Å². The van der Waals surface area contributed by atoms with E-state index in [4.69, 9.17) is 17.0 Å². The number of anilines is 2. The Bertz CT molecular complexity index is 874. The van der Waals surface area contributed by atoms with Gasteiger partial charge in [0.15, 0.2) is 4.32 Å². The third-order valence-corrected chi connectivity index (χ3v) is 5.76. The Labute approximate surface area is 169 Å². The second-order valence-electron chi connectivity index (χ2n) is 5.95. The average molecular weight is 399 g/mol. The van der Waals surface area contributed by atoms with Gasteiger partial charge in [0.05, 0.1) is 17.7 Å². The first-order chi connectivity index (χ1) is 13.1. The first-order valence-corrected chi connectivity index (χ1v) is 10.1. The van der Waals surface area contributed by atoms with Crippen molar-refractivity contribution in [3.05, 3.63) is 59.0 Å². The second-order valence-corrected chi connectivity index (χ2v) is 7.62. The fourth-order valence-electron chi connectivity index (χ4n) is 3.02. The number of hydrogen-bond donors (Lipinski definition) is 0. The molecule has 27 heavy (non-hydrogen) atoms. The Kier molecular flexibility index (Phi) is 6.19. The van der Waals surface area contributed by atoms with Crippen molar-refractivity contribution >= 4 is 51.7 Å². The summed E-state index contributed by atoms with van der Waals surface area (Å²) >= 11 is 6.78. The van der Waals surface area contributed by atoms with Gasteiger partial charge < -0.3 is 9.64 Å². The number of nitrogens with zero attached hydrogens (tertiary/aromatic N) is 2. The van der Waals surface area contributed by atoms with E-state index in [2.05, 4.69) is 18.7 Å². The molecule has 1 heterocycles. The number of thioether (sulfide) groups is 1. The number of para-hydroxylation sites is 1. The van der Waals surface area contributed by atoms with Gasteiger partial charge in [0.25, 0.3) is 5.91 Å². The number of carbonyl (C=O) groups excluding carboxylic acids is 1. The van der Waals surface area contributed by atoms with Crippen LogP contribution in [0.15, 0.2) is 53.4 Å². The molecule has 3 rings (SSSR count). The molecule has 0 aromatic heterocycles. The Balaban J connectivity index is 1.87. The molecule has 0 spiro atoms. The molecule has 0 aliphatic carbocycles. The van der Waals surface area contributed by atoms with Gasteiger partial charge in [-0.05, 0) is 50.3 Å². The van der Waals surface area contributed by atoms with Gasteiger partial charge in [-0.15, -0.1) is 0 Å². The van der Waals surface area contributed by atoms with Crippen molar-refractivity contribution in [3.63, 3.8) is 0 Å². The monoisotopic (exact) mass is 398 g/mol. The second kappa shape index (κ2) is 8.59. The number of thiocarbonyl (C=S) groups is 1. The topological polar surface area (TPSA) is 32.8 Å². The maximum Gasteiger partial charge on any atom is 0.270 e. The summed E-state index contributed by atoms with van der Waals surface area (Å²) < 4.78 is 5.91. The molecule has 0 unspecified atom stereocenters. The largest absolute Gasteiger partial charge is 0.496 e. The summed E-state index contributed by atoms with van der Waals surface area (Å²) in [5, 5.41) is 0. The highest BCUT2D eigenvalue weighted by molar-refractivity contribution is 8.27. The number of carbonyl (C=O) groups is 1. The van der Waals surface area contributed by atoms with Crippen molar-refractivity contribution in [2.75, 3.05) is 30.0 Å². The van der Waals surface area contributed by atoms with Crippen LogP contribution in [0.2, 0.25) is 0 Å². The molecule has 0 radical (unpaired) electrons. The Morgan fingerprint density at radius 2 is 1.78 bits per heavy atom. The summed E-state index contributed by atoms with van der Waals surface area (Å²) in [5.74, 6) is 0.623. The highest BCUT2D eigenvalue weighted by Crippen LogP contribution is 2.37. The lowest BCUT2D eigenvalue weighted by atomic mass is 10.2. The van der Waals surface area contributed by atoms with E-state index in [9.17, 15) is 4.79 Å². The van der Waals surface area contributed by atoms with E-state index >= 15 is 0 Å². The fraction of sp³-hybridized carbons (Fsp3) is 0.238. The predicted molar refractivity (Wildman–Crippen MR) is 119 cm³/mol. The lowest BCUT2D eigenvalue weighted by molar-refractivity contribution is -0.113. The van der Waals surface area contributed by atoms with E-state index in [1.807, 2.05) is 54.6 Å². The molecule has 0 saturated carbocycles. The first kappa shape index (κ1) is 19.5. The highest BCUT2D eigenvalue weighted by atomic mass is 32.2. The Hall–Kier alpha value is -2.31. The molecular formula is C21H22N2O2S2. The van der Waals surface area contributed by atoms with Crippen molar-refractivity contribution in [2.24, 2.45) is 0 Å². The quantitative estimate of drug-likeness (QED) is 0.508. The van der Waals surface area contributed by atoms with Crippen LogP contribution in [0.4, 0.5) is 11.4 Å². The minimum Gasteiger partial charge on any atom is -0.496 e. The van der Waals surface area contributed by atoms with E-state index in [1.165, 1.54) is 11.8 Å². The maximum absolute atomic E-state index is 12.9. The van der Waals surface area contributed by atoms with E-state index in [1.54, 1.807) is 12.0 Å². The predicted octanol–water partition coefficient (Wildman–Crippen LogP) is 4.95. The number of ether oxygens (including phenoxy) is 1. The zero-order chi connectivity index (χ0) is 19.4. The van der Waals surface area contributed by atoms with Crippen molar-refractivity contribution in [3.8, 4) is 5.75 Å². The van der Waals surface area contributed by atoms with Crippen LogP contribution in [0.25, 0.3) is 6.08 Å². The van der Waals surface area contributed by atoms with Gasteiger partial charge in [-0.1, -0.05) is 42.2 Å². The summed E-state index contributed by atoms with van der Waals surface area (Å²) in [4.78, 5) is 17.4. The highest BCUT2D eigenvalue weighted by Gasteiger charge is 2.33. The molecular weight excluding hydrogens is 376 g/mol. The number of benzene rings is 2. The fourth-order valence-corrected chi connectivity index (χ4v) is 4.31. The minimum absolute atomic E-state index is 0.105. The molecule has 1 aliphatic rings. The van der Waals surface area contributed by atoms with Gasteiger partial charge in [0.2, 0.25) is 0 Å².